The molecule has 0 spiro atoms. The number of pyridine rings is 1. The summed E-state index contributed by atoms with van der Waals surface area (Å²) in [4.78, 5) is 15.3. The predicted octanol–water partition coefficient (Wildman–Crippen LogP) is 2.16. The van der Waals surface area contributed by atoms with Gasteiger partial charge in [0, 0.05) is 12.2 Å². The molecule has 3 N–H and O–H groups in total. The molecule has 1 unspecified atom stereocenters. The van der Waals surface area contributed by atoms with Crippen molar-refractivity contribution in [1.29, 1.82) is 0 Å². The van der Waals surface area contributed by atoms with Crippen LogP contribution < -0.4 is 15.2 Å². The molecule has 1 aromatic heterocycles. The van der Waals surface area contributed by atoms with E-state index in [-0.39, 0.29) is 42.2 Å². The highest BCUT2D eigenvalue weighted by molar-refractivity contribution is 5.93. The van der Waals surface area contributed by atoms with Crippen molar-refractivity contribution in [3.8, 4) is 11.6 Å². The van der Waals surface area contributed by atoms with Crippen molar-refractivity contribution in [3.05, 3.63) is 53.7 Å². The number of halogens is 1. The molecule has 0 aliphatic rings. The van der Waals surface area contributed by atoms with Crippen LogP contribution in [0.3, 0.4) is 0 Å². The SMILES string of the molecule is COc1ccnc(OCC(N)Cc2ccccc2)c1C(=O)O.Cl. The first-order valence-electron chi connectivity index (χ1n) is 6.80. The topological polar surface area (TPSA) is 94.7 Å². The predicted molar refractivity (Wildman–Crippen MR) is 88.6 cm³/mol. The number of rotatable bonds is 7. The molecule has 7 heteroatoms. The van der Waals surface area contributed by atoms with Gasteiger partial charge < -0.3 is 20.3 Å². The molecule has 1 aromatic carbocycles. The number of nitrogens with zero attached hydrogens (tertiary/aromatic N) is 1. The number of benzene rings is 1. The molecule has 0 aliphatic heterocycles. The van der Waals surface area contributed by atoms with Gasteiger partial charge in [-0.05, 0) is 18.1 Å². The molecule has 0 fully saturated rings. The summed E-state index contributed by atoms with van der Waals surface area (Å²) >= 11 is 0. The third kappa shape index (κ3) is 5.12. The van der Waals surface area contributed by atoms with Gasteiger partial charge in [-0.1, -0.05) is 30.3 Å². The Hall–Kier alpha value is -2.31. The number of carboxylic acid groups (broad SMARTS) is 1. The van der Waals surface area contributed by atoms with E-state index in [4.69, 9.17) is 15.2 Å². The molecular formula is C16H19ClN2O4. The van der Waals surface area contributed by atoms with Crippen molar-refractivity contribution >= 4 is 18.4 Å². The fourth-order valence-corrected chi connectivity index (χ4v) is 2.06. The number of carbonyl (C=O) groups is 1. The van der Waals surface area contributed by atoms with E-state index in [0.717, 1.165) is 5.56 Å². The van der Waals surface area contributed by atoms with Gasteiger partial charge in [0.15, 0.2) is 5.56 Å². The van der Waals surface area contributed by atoms with Crippen LogP contribution in [0.25, 0.3) is 0 Å². The summed E-state index contributed by atoms with van der Waals surface area (Å²) in [6.07, 6.45) is 2.07. The van der Waals surface area contributed by atoms with Crippen LogP contribution in [0.1, 0.15) is 15.9 Å². The maximum absolute atomic E-state index is 11.3. The van der Waals surface area contributed by atoms with Crippen molar-refractivity contribution in [2.45, 2.75) is 12.5 Å². The molecule has 2 aromatic rings. The molecule has 0 saturated carbocycles. The third-order valence-electron chi connectivity index (χ3n) is 3.09. The molecule has 0 bridgehead atoms. The summed E-state index contributed by atoms with van der Waals surface area (Å²) in [7, 11) is 1.40. The Bertz CT molecular complexity index is 637. The van der Waals surface area contributed by atoms with Crippen LogP contribution in [0.5, 0.6) is 11.6 Å². The zero-order valence-corrected chi connectivity index (χ0v) is 13.5. The number of methoxy groups -OCH3 is 1. The van der Waals surface area contributed by atoms with Crippen LogP contribution >= 0.6 is 12.4 Å². The molecule has 0 radical (unpaired) electrons. The monoisotopic (exact) mass is 338 g/mol. The van der Waals surface area contributed by atoms with Gasteiger partial charge in [-0.15, -0.1) is 12.4 Å². The van der Waals surface area contributed by atoms with Crippen molar-refractivity contribution in [1.82, 2.24) is 4.98 Å². The second kappa shape index (κ2) is 8.97. The van der Waals surface area contributed by atoms with E-state index in [2.05, 4.69) is 4.98 Å². The Kier molecular flexibility index (Phi) is 7.31. The highest BCUT2D eigenvalue weighted by Crippen LogP contribution is 2.25. The van der Waals surface area contributed by atoms with Crippen LogP contribution in [0.4, 0.5) is 0 Å². The van der Waals surface area contributed by atoms with Crippen LogP contribution in [-0.4, -0.2) is 35.8 Å². The lowest BCUT2D eigenvalue weighted by Crippen LogP contribution is -2.30. The largest absolute Gasteiger partial charge is 0.496 e. The standard InChI is InChI=1S/C16H18N2O4.ClH/c1-21-13-7-8-18-15(14(13)16(19)20)22-10-12(17)9-11-5-3-2-4-6-11;/h2-8,12H,9-10,17H2,1H3,(H,19,20);1H. The van der Waals surface area contributed by atoms with Crippen molar-refractivity contribution < 1.29 is 19.4 Å². The summed E-state index contributed by atoms with van der Waals surface area (Å²) in [6, 6.07) is 11.0. The number of nitrogens with two attached hydrogens (primary N) is 1. The van der Waals surface area contributed by atoms with Crippen molar-refractivity contribution in [2.24, 2.45) is 5.73 Å². The Morgan fingerprint density at radius 3 is 2.61 bits per heavy atom. The molecule has 2 rings (SSSR count). The molecular weight excluding hydrogens is 320 g/mol. The molecule has 1 heterocycles. The normalized spacial score (nSPS) is 11.2. The van der Waals surface area contributed by atoms with Crippen LogP contribution in [0, 0.1) is 0 Å². The van der Waals surface area contributed by atoms with Gasteiger partial charge in [0.2, 0.25) is 5.88 Å². The minimum absolute atomic E-state index is 0. The molecule has 1 atom stereocenters. The minimum atomic E-state index is -1.16. The van der Waals surface area contributed by atoms with Crippen LogP contribution in [0.2, 0.25) is 0 Å². The van der Waals surface area contributed by atoms with E-state index >= 15 is 0 Å². The van der Waals surface area contributed by atoms with Gasteiger partial charge in [-0.25, -0.2) is 9.78 Å². The van der Waals surface area contributed by atoms with Crippen LogP contribution in [-0.2, 0) is 6.42 Å². The fraction of sp³-hybridized carbons (Fsp3) is 0.250. The van der Waals surface area contributed by atoms with Gasteiger partial charge in [-0.3, -0.25) is 0 Å². The first-order chi connectivity index (χ1) is 10.6. The Labute approximate surface area is 140 Å². The van der Waals surface area contributed by atoms with E-state index in [1.807, 2.05) is 30.3 Å². The Balaban J connectivity index is 0.00000264. The number of ether oxygens (including phenoxy) is 2. The van der Waals surface area contributed by atoms with E-state index in [0.29, 0.717) is 6.42 Å². The summed E-state index contributed by atoms with van der Waals surface area (Å²) in [5, 5.41) is 9.25. The van der Waals surface area contributed by atoms with Crippen molar-refractivity contribution in [3.63, 3.8) is 0 Å². The Morgan fingerprint density at radius 1 is 1.30 bits per heavy atom. The summed E-state index contributed by atoms with van der Waals surface area (Å²) in [6.45, 7) is 0.162. The smallest absolute Gasteiger partial charge is 0.345 e. The average molecular weight is 339 g/mol. The summed E-state index contributed by atoms with van der Waals surface area (Å²) < 4.78 is 10.5. The maximum atomic E-state index is 11.3. The van der Waals surface area contributed by atoms with Crippen molar-refractivity contribution in [2.75, 3.05) is 13.7 Å². The van der Waals surface area contributed by atoms with Gasteiger partial charge in [0.05, 0.1) is 7.11 Å². The quantitative estimate of drug-likeness (QED) is 0.803. The fourth-order valence-electron chi connectivity index (χ4n) is 2.06. The van der Waals surface area contributed by atoms with E-state index in [1.54, 1.807) is 0 Å². The molecule has 0 saturated heterocycles. The van der Waals surface area contributed by atoms with Gasteiger partial charge >= 0.3 is 5.97 Å². The van der Waals surface area contributed by atoms with Gasteiger partial charge in [0.25, 0.3) is 0 Å². The third-order valence-corrected chi connectivity index (χ3v) is 3.09. The van der Waals surface area contributed by atoms with Gasteiger partial charge in [0.1, 0.15) is 12.4 Å². The second-order valence-electron chi connectivity index (χ2n) is 4.76. The second-order valence-corrected chi connectivity index (χ2v) is 4.76. The first-order valence-corrected chi connectivity index (χ1v) is 6.80. The maximum Gasteiger partial charge on any atom is 0.345 e. The molecule has 124 valence electrons. The lowest BCUT2D eigenvalue weighted by atomic mass is 10.1. The van der Waals surface area contributed by atoms with E-state index in [9.17, 15) is 9.90 Å². The molecule has 23 heavy (non-hydrogen) atoms. The van der Waals surface area contributed by atoms with E-state index < -0.39 is 5.97 Å². The lowest BCUT2D eigenvalue weighted by molar-refractivity contribution is 0.0686. The van der Waals surface area contributed by atoms with E-state index in [1.165, 1.54) is 19.4 Å². The molecule has 0 amide bonds. The Morgan fingerprint density at radius 2 is 2.00 bits per heavy atom. The number of hydrogen-bond acceptors (Lipinski definition) is 5. The molecule has 0 aliphatic carbocycles. The number of hydrogen-bond donors (Lipinski definition) is 2. The summed E-state index contributed by atoms with van der Waals surface area (Å²) in [5.41, 5.74) is 7.01. The lowest BCUT2D eigenvalue weighted by Gasteiger charge is -2.15. The first kappa shape index (κ1) is 18.7. The highest BCUT2D eigenvalue weighted by Gasteiger charge is 2.19. The van der Waals surface area contributed by atoms with Crippen LogP contribution in [0.15, 0.2) is 42.6 Å². The average Bonchev–Trinajstić information content (AvgIpc) is 2.53. The zero-order valence-electron chi connectivity index (χ0n) is 12.6. The zero-order chi connectivity index (χ0) is 15.9. The highest BCUT2D eigenvalue weighted by atomic mass is 35.5. The number of aromatic nitrogens is 1. The number of aromatic carboxylic acids is 1. The number of carboxylic acids is 1. The van der Waals surface area contributed by atoms with Gasteiger partial charge in [-0.2, -0.15) is 0 Å². The summed E-state index contributed by atoms with van der Waals surface area (Å²) in [5.74, 6) is -0.943. The molecule has 6 nitrogen and oxygen atoms in total. The minimum Gasteiger partial charge on any atom is -0.496 e.